The minimum Gasteiger partial charge on any atom is -0.454 e. The van der Waals surface area contributed by atoms with Gasteiger partial charge in [0, 0.05) is 62.2 Å². The molecule has 37 heavy (non-hydrogen) atoms. The van der Waals surface area contributed by atoms with Gasteiger partial charge in [-0.1, -0.05) is 75.9 Å². The number of benzene rings is 3. The van der Waals surface area contributed by atoms with Crippen molar-refractivity contribution in [1.82, 2.24) is 0 Å². The van der Waals surface area contributed by atoms with Gasteiger partial charge >= 0.3 is 0 Å². The third-order valence-electron chi connectivity index (χ3n) is 7.04. The summed E-state index contributed by atoms with van der Waals surface area (Å²) in [6, 6.07) is 14.0. The maximum Gasteiger partial charge on any atom is 0.216 e. The lowest BCUT2D eigenvalue weighted by Gasteiger charge is -2.35. The molecule has 0 saturated heterocycles. The van der Waals surface area contributed by atoms with Gasteiger partial charge in [-0.2, -0.15) is 0 Å². The molecule has 0 unspecified atom stereocenters. The molecule has 1 aliphatic carbocycles. The van der Waals surface area contributed by atoms with Gasteiger partial charge in [0.25, 0.3) is 0 Å². The second kappa shape index (κ2) is 8.58. The van der Waals surface area contributed by atoms with Gasteiger partial charge in [0.2, 0.25) is 5.69 Å². The highest BCUT2D eigenvalue weighted by atomic mass is 16.3. The van der Waals surface area contributed by atoms with Crippen LogP contribution < -0.4 is 4.57 Å². The summed E-state index contributed by atoms with van der Waals surface area (Å²) in [7, 11) is 1.63. The minimum absolute atomic E-state index is 0.0571. The van der Waals surface area contributed by atoms with Crippen LogP contribution in [0.1, 0.15) is 91.2 Å². The lowest BCUT2D eigenvalue weighted by molar-refractivity contribution is -0.660. The molecule has 0 N–H and O–H groups in total. The second-order valence-electron chi connectivity index (χ2n) is 9.31. The van der Waals surface area contributed by atoms with Crippen LogP contribution in [0.25, 0.3) is 44.3 Å². The first-order valence-electron chi connectivity index (χ1n) is 22.2. The number of hydrogen-bond donors (Lipinski definition) is 0. The van der Waals surface area contributed by atoms with Gasteiger partial charge in [-0.05, 0) is 66.6 Å². The molecule has 6 rings (SSSR count). The Kier molecular flexibility index (Phi) is 2.33. The summed E-state index contributed by atoms with van der Waals surface area (Å²) in [5.41, 5.74) is -3.40. The molecule has 0 aliphatic heterocycles. The predicted molar refractivity (Wildman–Crippen MR) is 155 cm³/mol. The van der Waals surface area contributed by atoms with Gasteiger partial charge < -0.3 is 4.42 Å². The molecular weight excluding hydrogens is 450 g/mol. The zero-order chi connectivity index (χ0) is 44.0. The number of hydrogen-bond acceptors (Lipinski definition) is 1. The average molecular weight is 510 g/mol. The fourth-order valence-electron chi connectivity index (χ4n) is 5.62. The van der Waals surface area contributed by atoms with Crippen molar-refractivity contribution in [3.05, 3.63) is 89.1 Å². The SMILES string of the molecule is [2H]C([2H])([2H])c1ccc(-c2c(C)ccc3c2oc2c4c(ccc23)C(C([2H])([2H])C([2H])(C([2H])([2H])[2H])C([2H])([2H])[2H])(C([2H])([2H])C([2H])(C([2H])([2H])[2H])C([2H])([2H])[2H])c2ccccc2-4)[n+](C)c1. The molecule has 0 radical (unpaired) electrons. The number of furan rings is 1. The third kappa shape index (κ3) is 3.56. The maximum atomic E-state index is 9.71. The monoisotopic (exact) mass is 509 g/mol. The molecule has 0 fully saturated rings. The Balaban J connectivity index is 1.87. The van der Waals surface area contributed by atoms with E-state index in [1.165, 1.54) is 36.5 Å². The zero-order valence-corrected chi connectivity index (χ0v) is 20.2. The molecule has 188 valence electrons. The number of pyridine rings is 1. The van der Waals surface area contributed by atoms with E-state index in [-0.39, 0.29) is 27.9 Å². The summed E-state index contributed by atoms with van der Waals surface area (Å²) in [4.78, 5) is 0. The molecule has 0 saturated carbocycles. The van der Waals surface area contributed by atoms with E-state index in [9.17, 15) is 8.22 Å². The molecule has 2 heteroatoms. The van der Waals surface area contributed by atoms with E-state index in [1.54, 1.807) is 36.7 Å². The van der Waals surface area contributed by atoms with Crippen molar-refractivity contribution in [2.75, 3.05) is 0 Å². The molecule has 2 aromatic heterocycles. The van der Waals surface area contributed by atoms with Crippen LogP contribution in [0.5, 0.6) is 0 Å². The van der Waals surface area contributed by atoms with Crippen molar-refractivity contribution in [3.8, 4) is 22.4 Å². The second-order valence-corrected chi connectivity index (χ2v) is 9.31. The van der Waals surface area contributed by atoms with Crippen LogP contribution in [-0.4, -0.2) is 0 Å². The zero-order valence-electron chi connectivity index (χ0n) is 41.2. The maximum absolute atomic E-state index is 9.71. The number of aromatic nitrogens is 1. The quantitative estimate of drug-likeness (QED) is 0.216. The molecule has 0 atom stereocenters. The molecule has 5 aromatic rings. The van der Waals surface area contributed by atoms with E-state index < -0.39 is 75.3 Å². The molecule has 3 aromatic carbocycles. The number of nitrogens with zero attached hydrogens (tertiary/aromatic N) is 1. The van der Waals surface area contributed by atoms with Crippen LogP contribution in [0.3, 0.4) is 0 Å². The first kappa shape index (κ1) is 10.1. The fourth-order valence-corrected chi connectivity index (χ4v) is 5.62. The van der Waals surface area contributed by atoms with Crippen molar-refractivity contribution in [3.63, 3.8) is 0 Å². The first-order valence-corrected chi connectivity index (χ1v) is 11.7. The molecule has 0 bridgehead atoms. The van der Waals surface area contributed by atoms with Crippen molar-refractivity contribution < 1.29 is 37.8 Å². The van der Waals surface area contributed by atoms with Gasteiger partial charge in [0.15, 0.2) is 6.20 Å². The highest BCUT2D eigenvalue weighted by Gasteiger charge is 2.45. The van der Waals surface area contributed by atoms with Crippen LogP contribution in [0, 0.1) is 25.6 Å². The van der Waals surface area contributed by atoms with Gasteiger partial charge in [-0.25, -0.2) is 4.57 Å². The van der Waals surface area contributed by atoms with Gasteiger partial charge in [-0.15, -0.1) is 0 Å². The smallest absolute Gasteiger partial charge is 0.216 e. The number of aryl methyl sites for hydroxylation is 3. The first-order chi connectivity index (χ1) is 26.1. The lowest BCUT2D eigenvalue weighted by Crippen LogP contribution is -2.31. The number of fused-ring (bicyclic) bond motifs is 7. The third-order valence-corrected chi connectivity index (χ3v) is 7.04. The highest BCUT2D eigenvalue weighted by molar-refractivity contribution is 6.14. The van der Waals surface area contributed by atoms with Crippen LogP contribution in [0.4, 0.5) is 0 Å². The van der Waals surface area contributed by atoms with E-state index in [0.717, 1.165) is 12.1 Å². The normalized spacial score (nSPS) is 25.6. The van der Waals surface area contributed by atoms with Crippen molar-refractivity contribution >= 4 is 21.9 Å². The summed E-state index contributed by atoms with van der Waals surface area (Å²) in [6.45, 7) is -17.1. The fraction of sp³-hybridized carbons (Fsp3) is 0.343. The van der Waals surface area contributed by atoms with E-state index in [0.29, 0.717) is 27.6 Å². The van der Waals surface area contributed by atoms with Crippen LogP contribution >= 0.6 is 0 Å². The molecular formula is C35H38NO+. The Morgan fingerprint density at radius 2 is 1.57 bits per heavy atom. The molecule has 2 nitrogen and oxygen atoms in total. The van der Waals surface area contributed by atoms with Crippen LogP contribution in [-0.2, 0) is 12.5 Å². The predicted octanol–water partition coefficient (Wildman–Crippen LogP) is 9.05. The van der Waals surface area contributed by atoms with Gasteiger partial charge in [-0.3, -0.25) is 0 Å². The van der Waals surface area contributed by atoms with Crippen LogP contribution in [0.15, 0.2) is 71.3 Å². The highest BCUT2D eigenvalue weighted by Crippen LogP contribution is 2.57. The largest absolute Gasteiger partial charge is 0.454 e. The van der Waals surface area contributed by atoms with Crippen molar-refractivity contribution in [2.24, 2.45) is 18.8 Å². The summed E-state index contributed by atoms with van der Waals surface area (Å²) in [5.74, 6) is -8.61. The molecule has 0 amide bonds. The van der Waals surface area contributed by atoms with Gasteiger partial charge in [0.1, 0.15) is 18.2 Å². The standard InChI is InChI=1S/C35H38NO/c1-21(2)18-35(19-22(3)4)28-11-9-8-10-27(28)32-29(35)16-15-26-25-14-13-24(6)31(33(25)37-34(26)32)30-17-12-23(5)20-36(30)7/h8-17,20-22H,18-19H2,1-7H3/q+1/i1D3,2D3,3D3,4D3,5D3,18D2,19D2,21D,22D. The summed E-state index contributed by atoms with van der Waals surface area (Å²) < 4.78 is 189. The molecule has 2 heterocycles. The average Bonchev–Trinajstić information content (AvgIpc) is 3.59. The van der Waals surface area contributed by atoms with E-state index >= 15 is 0 Å². The Bertz CT molecular complexity index is 2380. The van der Waals surface area contributed by atoms with E-state index in [2.05, 4.69) is 0 Å². The summed E-state index contributed by atoms with van der Waals surface area (Å²) in [5, 5.41) is 0.759. The lowest BCUT2D eigenvalue weighted by atomic mass is 9.68. The van der Waals surface area contributed by atoms with Gasteiger partial charge in [0.05, 0.1) is 5.56 Å². The van der Waals surface area contributed by atoms with E-state index in [4.69, 9.17) is 25.0 Å². The van der Waals surface area contributed by atoms with E-state index in [1.807, 2.05) is 0 Å². The summed E-state index contributed by atoms with van der Waals surface area (Å²) in [6.07, 6.45) is -7.14. The molecule has 1 aliphatic rings. The Morgan fingerprint density at radius 1 is 0.865 bits per heavy atom. The van der Waals surface area contributed by atoms with Crippen molar-refractivity contribution in [2.45, 2.75) is 59.3 Å². The Hall–Kier alpha value is -3.39. The van der Waals surface area contributed by atoms with Crippen molar-refractivity contribution in [1.29, 1.82) is 0 Å². The minimum atomic E-state index is -4.30. The van der Waals surface area contributed by atoms with Crippen LogP contribution in [0.2, 0.25) is 0 Å². The topological polar surface area (TPSA) is 17.0 Å². The Labute approximate surface area is 250 Å². The summed E-state index contributed by atoms with van der Waals surface area (Å²) >= 11 is 0. The number of rotatable bonds is 5. The Morgan fingerprint density at radius 3 is 2.27 bits per heavy atom. The molecule has 0 spiro atoms.